The number of nitrogens with two attached hydrogens (primary N) is 1. The molecule has 0 saturated heterocycles. The van der Waals surface area contributed by atoms with Gasteiger partial charge in [-0.3, -0.25) is 0 Å². The van der Waals surface area contributed by atoms with Gasteiger partial charge in [-0.2, -0.15) is 0 Å². The van der Waals surface area contributed by atoms with E-state index in [0.717, 1.165) is 23.1 Å². The number of nitrogen functional groups attached to an aromatic ring is 1. The van der Waals surface area contributed by atoms with E-state index in [0.29, 0.717) is 6.04 Å². The standard InChI is InChI=1S/C11H13N3S2/c1-7-8-3-5-15-9(8)2-4-14(7)11-13-6-10(12)16-11/h3,5-7H,2,4,12H2,1H3. The Morgan fingerprint density at radius 2 is 2.44 bits per heavy atom. The van der Waals surface area contributed by atoms with Gasteiger partial charge in [0.25, 0.3) is 0 Å². The number of thiazole rings is 1. The van der Waals surface area contributed by atoms with Crippen LogP contribution in [0.1, 0.15) is 23.4 Å². The molecule has 0 aromatic carbocycles. The van der Waals surface area contributed by atoms with Gasteiger partial charge in [-0.15, -0.1) is 11.3 Å². The molecule has 0 spiro atoms. The quantitative estimate of drug-likeness (QED) is 0.847. The van der Waals surface area contributed by atoms with Crippen molar-refractivity contribution >= 4 is 32.8 Å². The third-order valence-corrected chi connectivity index (χ3v) is 4.89. The predicted octanol–water partition coefficient (Wildman–Crippen LogP) is 2.91. The highest BCUT2D eigenvalue weighted by Gasteiger charge is 2.26. The highest BCUT2D eigenvalue weighted by Crippen LogP contribution is 2.37. The van der Waals surface area contributed by atoms with Crippen LogP contribution in [-0.4, -0.2) is 11.5 Å². The van der Waals surface area contributed by atoms with Crippen molar-refractivity contribution in [1.29, 1.82) is 0 Å². The summed E-state index contributed by atoms with van der Waals surface area (Å²) in [5.41, 5.74) is 7.19. The van der Waals surface area contributed by atoms with Gasteiger partial charge >= 0.3 is 0 Å². The molecule has 1 atom stereocenters. The molecule has 1 aliphatic heterocycles. The van der Waals surface area contributed by atoms with Crippen LogP contribution in [0.3, 0.4) is 0 Å². The molecule has 84 valence electrons. The maximum Gasteiger partial charge on any atom is 0.187 e. The first-order valence-electron chi connectivity index (χ1n) is 5.30. The van der Waals surface area contributed by atoms with E-state index in [-0.39, 0.29) is 0 Å². The summed E-state index contributed by atoms with van der Waals surface area (Å²) < 4.78 is 0. The number of aromatic nitrogens is 1. The molecular formula is C11H13N3S2. The normalized spacial score (nSPS) is 19.8. The molecule has 16 heavy (non-hydrogen) atoms. The van der Waals surface area contributed by atoms with E-state index in [2.05, 4.69) is 28.3 Å². The minimum Gasteiger partial charge on any atom is -0.389 e. The Kier molecular flexibility index (Phi) is 2.37. The number of hydrogen-bond donors (Lipinski definition) is 1. The zero-order valence-electron chi connectivity index (χ0n) is 9.01. The Bertz CT molecular complexity index is 503. The van der Waals surface area contributed by atoms with Crippen molar-refractivity contribution in [2.24, 2.45) is 0 Å². The molecule has 0 amide bonds. The van der Waals surface area contributed by atoms with Gasteiger partial charge in [0, 0.05) is 11.4 Å². The van der Waals surface area contributed by atoms with E-state index < -0.39 is 0 Å². The smallest absolute Gasteiger partial charge is 0.187 e. The second-order valence-electron chi connectivity index (χ2n) is 3.96. The van der Waals surface area contributed by atoms with Gasteiger partial charge < -0.3 is 10.6 Å². The van der Waals surface area contributed by atoms with Crippen LogP contribution in [0.2, 0.25) is 0 Å². The van der Waals surface area contributed by atoms with Crippen molar-refractivity contribution < 1.29 is 0 Å². The van der Waals surface area contributed by atoms with Crippen molar-refractivity contribution in [2.75, 3.05) is 17.2 Å². The summed E-state index contributed by atoms with van der Waals surface area (Å²) in [6.45, 7) is 3.28. The zero-order valence-corrected chi connectivity index (χ0v) is 10.6. The molecule has 2 N–H and O–H groups in total. The van der Waals surface area contributed by atoms with Crippen LogP contribution in [0.25, 0.3) is 0 Å². The Balaban J connectivity index is 1.95. The van der Waals surface area contributed by atoms with Crippen LogP contribution in [0.4, 0.5) is 10.1 Å². The van der Waals surface area contributed by atoms with Crippen LogP contribution < -0.4 is 10.6 Å². The van der Waals surface area contributed by atoms with Gasteiger partial charge in [-0.05, 0) is 30.4 Å². The zero-order chi connectivity index (χ0) is 11.1. The van der Waals surface area contributed by atoms with E-state index >= 15 is 0 Å². The Hall–Kier alpha value is -1.07. The van der Waals surface area contributed by atoms with E-state index in [4.69, 9.17) is 5.73 Å². The summed E-state index contributed by atoms with van der Waals surface area (Å²) in [5, 5.41) is 4.01. The minimum atomic E-state index is 0.417. The lowest BCUT2D eigenvalue weighted by Crippen LogP contribution is -2.32. The number of fused-ring (bicyclic) bond motifs is 1. The molecule has 3 nitrogen and oxygen atoms in total. The first kappa shape index (κ1) is 10.1. The number of rotatable bonds is 1. The summed E-state index contributed by atoms with van der Waals surface area (Å²) in [6, 6.07) is 2.65. The molecule has 1 unspecified atom stereocenters. The monoisotopic (exact) mass is 251 g/mol. The van der Waals surface area contributed by atoms with Crippen LogP contribution in [0.5, 0.6) is 0 Å². The van der Waals surface area contributed by atoms with Crippen LogP contribution >= 0.6 is 22.7 Å². The predicted molar refractivity (Wildman–Crippen MR) is 70.3 cm³/mol. The second-order valence-corrected chi connectivity index (χ2v) is 6.01. The maximum atomic E-state index is 5.74. The molecule has 3 rings (SSSR count). The van der Waals surface area contributed by atoms with Gasteiger partial charge in [0.2, 0.25) is 0 Å². The van der Waals surface area contributed by atoms with Gasteiger partial charge in [0.1, 0.15) is 5.00 Å². The summed E-state index contributed by atoms with van der Waals surface area (Å²) in [6.07, 6.45) is 2.87. The maximum absolute atomic E-state index is 5.74. The molecule has 0 aliphatic carbocycles. The van der Waals surface area contributed by atoms with Crippen molar-refractivity contribution in [3.8, 4) is 0 Å². The summed E-state index contributed by atoms with van der Waals surface area (Å²) in [5.74, 6) is 0. The highest BCUT2D eigenvalue weighted by atomic mass is 32.1. The van der Waals surface area contributed by atoms with Crippen molar-refractivity contribution in [3.63, 3.8) is 0 Å². The van der Waals surface area contributed by atoms with Crippen molar-refractivity contribution in [3.05, 3.63) is 28.1 Å². The first-order valence-corrected chi connectivity index (χ1v) is 6.99. The average Bonchev–Trinajstić information content (AvgIpc) is 2.87. The van der Waals surface area contributed by atoms with Gasteiger partial charge in [-0.25, -0.2) is 4.98 Å². The fourth-order valence-electron chi connectivity index (χ4n) is 2.18. The molecule has 2 aromatic rings. The largest absolute Gasteiger partial charge is 0.389 e. The Morgan fingerprint density at radius 3 is 3.19 bits per heavy atom. The molecule has 1 aliphatic rings. The van der Waals surface area contributed by atoms with Crippen molar-refractivity contribution in [1.82, 2.24) is 4.98 Å². The summed E-state index contributed by atoms with van der Waals surface area (Å²) in [4.78, 5) is 8.23. The number of hydrogen-bond acceptors (Lipinski definition) is 5. The molecule has 5 heteroatoms. The van der Waals surface area contributed by atoms with Gasteiger partial charge in [-0.1, -0.05) is 11.3 Å². The lowest BCUT2D eigenvalue weighted by molar-refractivity contribution is 0.631. The first-order chi connectivity index (χ1) is 7.75. The summed E-state index contributed by atoms with van der Waals surface area (Å²) in [7, 11) is 0. The van der Waals surface area contributed by atoms with E-state index in [9.17, 15) is 0 Å². The molecular weight excluding hydrogens is 238 g/mol. The lowest BCUT2D eigenvalue weighted by Gasteiger charge is -2.33. The van der Waals surface area contributed by atoms with E-state index in [1.165, 1.54) is 10.4 Å². The fraction of sp³-hybridized carbons (Fsp3) is 0.364. The van der Waals surface area contributed by atoms with E-state index in [1.54, 1.807) is 17.5 Å². The minimum absolute atomic E-state index is 0.417. The molecule has 2 aromatic heterocycles. The van der Waals surface area contributed by atoms with Crippen LogP contribution in [0.15, 0.2) is 17.6 Å². The average molecular weight is 251 g/mol. The SMILES string of the molecule is CC1c2ccsc2CCN1c1ncc(N)s1. The number of anilines is 2. The van der Waals surface area contributed by atoms with Gasteiger partial charge in [0.05, 0.1) is 12.2 Å². The second kappa shape index (κ2) is 3.75. The van der Waals surface area contributed by atoms with Crippen molar-refractivity contribution in [2.45, 2.75) is 19.4 Å². The molecule has 0 saturated carbocycles. The third-order valence-electron chi connectivity index (χ3n) is 3.03. The molecule has 0 radical (unpaired) electrons. The van der Waals surface area contributed by atoms with Crippen LogP contribution in [-0.2, 0) is 6.42 Å². The topological polar surface area (TPSA) is 42.2 Å². The fourth-order valence-corrected chi connectivity index (χ4v) is 3.93. The Morgan fingerprint density at radius 1 is 1.56 bits per heavy atom. The molecule has 0 fully saturated rings. The highest BCUT2D eigenvalue weighted by molar-refractivity contribution is 7.19. The number of nitrogens with zero attached hydrogens (tertiary/aromatic N) is 2. The molecule has 0 bridgehead atoms. The van der Waals surface area contributed by atoms with E-state index in [1.807, 2.05) is 11.3 Å². The van der Waals surface area contributed by atoms with Gasteiger partial charge in [0.15, 0.2) is 5.13 Å². The summed E-state index contributed by atoms with van der Waals surface area (Å²) >= 11 is 3.43. The lowest BCUT2D eigenvalue weighted by atomic mass is 10.0. The third kappa shape index (κ3) is 1.51. The number of thiophene rings is 1. The van der Waals surface area contributed by atoms with Crippen LogP contribution in [0, 0.1) is 0 Å². The Labute approximate surface area is 103 Å². The molecule has 3 heterocycles.